The van der Waals surface area contributed by atoms with Gasteiger partial charge in [0.15, 0.2) is 0 Å². The lowest BCUT2D eigenvalue weighted by molar-refractivity contribution is 1.28. The van der Waals surface area contributed by atoms with Crippen LogP contribution in [-0.2, 0) is 0 Å². The van der Waals surface area contributed by atoms with E-state index in [0.717, 1.165) is 45.3 Å². The molecule has 2 heteroatoms. The molecule has 0 amide bonds. The lowest BCUT2D eigenvalue weighted by Gasteiger charge is -2.26. The van der Waals surface area contributed by atoms with Crippen LogP contribution in [0.3, 0.4) is 0 Å². The van der Waals surface area contributed by atoms with E-state index in [2.05, 4.69) is 337 Å². The molecule has 0 aliphatic heterocycles. The van der Waals surface area contributed by atoms with Crippen LogP contribution < -0.4 is 9.80 Å². The number of nitrogens with zero attached hydrogens (tertiary/aromatic N) is 2. The van der Waals surface area contributed by atoms with Crippen LogP contribution in [0.2, 0.25) is 0 Å². The van der Waals surface area contributed by atoms with Gasteiger partial charge in [0.1, 0.15) is 0 Å². The van der Waals surface area contributed by atoms with Crippen molar-refractivity contribution < 1.29 is 0 Å². The summed E-state index contributed by atoms with van der Waals surface area (Å²) in [6, 6.07) is 111. The van der Waals surface area contributed by atoms with Gasteiger partial charge in [0.2, 0.25) is 0 Å². The Balaban J connectivity index is 0.814. The van der Waals surface area contributed by atoms with Gasteiger partial charge in [-0.1, -0.05) is 243 Å². The van der Waals surface area contributed by atoms with Gasteiger partial charge in [-0.2, -0.15) is 0 Å². The smallest absolute Gasteiger partial charge is 0.0473 e. The summed E-state index contributed by atoms with van der Waals surface area (Å²) < 4.78 is 0. The standard InChI is InChI=1S/C80H54N2/c1-5-15-55(16-6-1)25-27-57-29-40-68(41-30-57)81(66-20-9-3-10-21-66)70-44-37-60(38-45-70)73-47-48-74(80-76(73)50-49-75-72-24-14-13-19-59(72)39-46-77(75)80)65-51-61-33-35-63-53-71(54-64-36-34-62(52-65)78(61)79(63)64)82(67-22-11-4-12-23-67)69-42-31-58(32-43-69)28-26-56-17-7-2-8-18-56/h1-54H. The van der Waals surface area contributed by atoms with Gasteiger partial charge < -0.3 is 9.80 Å². The minimum absolute atomic E-state index is 1.09. The Labute approximate surface area is 478 Å². The van der Waals surface area contributed by atoms with Gasteiger partial charge in [-0.05, 0) is 194 Å². The highest BCUT2D eigenvalue weighted by atomic mass is 15.1. The van der Waals surface area contributed by atoms with E-state index in [9.17, 15) is 0 Å². The largest absolute Gasteiger partial charge is 0.311 e. The van der Waals surface area contributed by atoms with Crippen LogP contribution in [0.1, 0.15) is 22.3 Å². The molecule has 0 atom stereocenters. The van der Waals surface area contributed by atoms with Crippen molar-refractivity contribution in [2.24, 2.45) is 0 Å². The molecule has 0 bridgehead atoms. The maximum atomic E-state index is 2.42. The lowest BCUT2D eigenvalue weighted by atomic mass is 9.86. The highest BCUT2D eigenvalue weighted by Gasteiger charge is 2.20. The van der Waals surface area contributed by atoms with Crippen LogP contribution in [0.5, 0.6) is 0 Å². The molecule has 2 nitrogen and oxygen atoms in total. The molecule has 0 saturated heterocycles. The average Bonchev–Trinajstić information content (AvgIpc) is 2.19. The number of rotatable bonds is 12. The van der Waals surface area contributed by atoms with Crippen molar-refractivity contribution in [2.75, 3.05) is 9.80 Å². The molecule has 0 aliphatic rings. The second-order valence-corrected chi connectivity index (χ2v) is 21.3. The van der Waals surface area contributed by atoms with Crippen molar-refractivity contribution in [3.8, 4) is 22.3 Å². The van der Waals surface area contributed by atoms with Crippen molar-refractivity contribution in [1.29, 1.82) is 0 Å². The minimum atomic E-state index is 1.09. The van der Waals surface area contributed by atoms with E-state index in [4.69, 9.17) is 0 Å². The molecule has 0 saturated carbocycles. The second kappa shape index (κ2) is 20.8. The average molecular weight is 1040 g/mol. The van der Waals surface area contributed by atoms with Gasteiger partial charge in [-0.3, -0.25) is 0 Å². The highest BCUT2D eigenvalue weighted by Crippen LogP contribution is 2.47. The maximum absolute atomic E-state index is 2.42. The van der Waals surface area contributed by atoms with Crippen LogP contribution >= 0.6 is 0 Å². The monoisotopic (exact) mass is 1040 g/mol. The van der Waals surface area contributed by atoms with E-state index >= 15 is 0 Å². The number of fused-ring (bicyclic) bond motifs is 5. The molecule has 0 fully saturated rings. The molecule has 0 aliphatic carbocycles. The first-order valence-corrected chi connectivity index (χ1v) is 28.2. The molecular weight excluding hydrogens is 989 g/mol. The molecule has 82 heavy (non-hydrogen) atoms. The molecule has 0 heterocycles. The van der Waals surface area contributed by atoms with Gasteiger partial charge in [-0.15, -0.1) is 0 Å². The van der Waals surface area contributed by atoms with E-state index in [-0.39, 0.29) is 0 Å². The third-order valence-electron chi connectivity index (χ3n) is 16.3. The molecule has 0 spiro atoms. The molecule has 0 aromatic heterocycles. The fraction of sp³-hybridized carbons (Fsp3) is 0. The first-order chi connectivity index (χ1) is 40.6. The molecule has 15 aromatic rings. The predicted octanol–water partition coefficient (Wildman–Crippen LogP) is 22.7. The van der Waals surface area contributed by atoms with Crippen molar-refractivity contribution >= 4 is 123 Å². The Hall–Kier alpha value is -10.8. The van der Waals surface area contributed by atoms with E-state index < -0.39 is 0 Å². The van der Waals surface area contributed by atoms with Crippen LogP contribution in [0.25, 0.3) is 111 Å². The summed E-state index contributed by atoms with van der Waals surface area (Å²) in [5.41, 5.74) is 16.1. The number of benzene rings is 15. The van der Waals surface area contributed by atoms with Crippen molar-refractivity contribution in [1.82, 2.24) is 0 Å². The van der Waals surface area contributed by atoms with E-state index in [1.807, 2.05) is 0 Å². The van der Waals surface area contributed by atoms with Gasteiger partial charge in [0.05, 0.1) is 0 Å². The van der Waals surface area contributed by atoms with E-state index in [0.29, 0.717) is 0 Å². The number of para-hydroxylation sites is 2. The second-order valence-electron chi connectivity index (χ2n) is 21.3. The number of hydrogen-bond acceptors (Lipinski definition) is 2. The summed E-state index contributed by atoms with van der Waals surface area (Å²) >= 11 is 0. The molecule has 15 rings (SSSR count). The Morgan fingerprint density at radius 3 is 1.10 bits per heavy atom. The van der Waals surface area contributed by atoms with Crippen LogP contribution in [0, 0.1) is 0 Å². The summed E-state index contributed by atoms with van der Waals surface area (Å²) in [5.74, 6) is 0. The van der Waals surface area contributed by atoms with Gasteiger partial charge in [-0.25, -0.2) is 0 Å². The quantitative estimate of drug-likeness (QED) is 0.0889. The van der Waals surface area contributed by atoms with Crippen molar-refractivity contribution in [2.45, 2.75) is 0 Å². The molecule has 0 radical (unpaired) electrons. The Bertz CT molecular complexity index is 4790. The molecule has 0 unspecified atom stereocenters. The summed E-state index contributed by atoms with van der Waals surface area (Å²) in [5, 5.41) is 15.0. The van der Waals surface area contributed by atoms with Gasteiger partial charge in [0.25, 0.3) is 0 Å². The summed E-state index contributed by atoms with van der Waals surface area (Å²) in [6.07, 6.45) is 8.69. The third-order valence-corrected chi connectivity index (χ3v) is 16.3. The van der Waals surface area contributed by atoms with Gasteiger partial charge >= 0.3 is 0 Å². The fourth-order valence-corrected chi connectivity index (χ4v) is 12.4. The zero-order valence-electron chi connectivity index (χ0n) is 45.1. The van der Waals surface area contributed by atoms with Crippen LogP contribution in [0.4, 0.5) is 34.1 Å². The zero-order chi connectivity index (χ0) is 54.3. The van der Waals surface area contributed by atoms with E-state index in [1.165, 1.54) is 98.0 Å². The highest BCUT2D eigenvalue weighted by molar-refractivity contribution is 6.27. The number of hydrogen-bond donors (Lipinski definition) is 0. The van der Waals surface area contributed by atoms with E-state index in [1.54, 1.807) is 0 Å². The minimum Gasteiger partial charge on any atom is -0.311 e. The predicted molar refractivity (Wildman–Crippen MR) is 354 cm³/mol. The van der Waals surface area contributed by atoms with Gasteiger partial charge in [0, 0.05) is 34.1 Å². The van der Waals surface area contributed by atoms with Crippen molar-refractivity contribution in [3.05, 3.63) is 326 Å². The molecule has 15 aromatic carbocycles. The zero-order valence-corrected chi connectivity index (χ0v) is 45.1. The first kappa shape index (κ1) is 48.3. The van der Waals surface area contributed by atoms with Crippen LogP contribution in [0.15, 0.2) is 303 Å². The maximum Gasteiger partial charge on any atom is 0.0473 e. The lowest BCUT2D eigenvalue weighted by Crippen LogP contribution is -2.10. The van der Waals surface area contributed by atoms with Crippen LogP contribution in [-0.4, -0.2) is 0 Å². The topological polar surface area (TPSA) is 6.48 Å². The summed E-state index contributed by atoms with van der Waals surface area (Å²) in [7, 11) is 0. The Morgan fingerprint density at radius 1 is 0.195 bits per heavy atom. The normalized spacial score (nSPS) is 11.8. The molecule has 0 N–H and O–H groups in total. The molecular formula is C80H54N2. The molecule has 384 valence electrons. The number of anilines is 6. The fourth-order valence-electron chi connectivity index (χ4n) is 12.4. The SMILES string of the molecule is C(=Cc1ccc(N(c2ccccc2)c2ccc(-c3ccc(-c4cc5ccc6cc(N(c7ccccc7)c7ccc(C=Cc8ccccc8)cc7)cc7ccc(c4)c5c67)c4c3ccc3c5ccccc5ccc34)cc2)cc1)c1ccccc1. The third kappa shape index (κ3) is 8.99. The summed E-state index contributed by atoms with van der Waals surface area (Å²) in [6.45, 7) is 0. The van der Waals surface area contributed by atoms with Crippen molar-refractivity contribution in [3.63, 3.8) is 0 Å². The Kier molecular flexibility index (Phi) is 12.2. The summed E-state index contributed by atoms with van der Waals surface area (Å²) in [4.78, 5) is 4.71. The Morgan fingerprint density at radius 2 is 0.573 bits per heavy atom. The first-order valence-electron chi connectivity index (χ1n) is 28.2.